The standard InChI is InChI=1S/C16H16F2N2OS/c1-10-11-6-8-22-14(11)5-7-20(10)9-15(21)19-16-12(17)3-2-4-13(16)18/h2-4,6,8,10H,5,7,9H2,1H3,(H,19,21)/p+1/t10-/m0/s1. The summed E-state index contributed by atoms with van der Waals surface area (Å²) in [7, 11) is 0. The van der Waals surface area contributed by atoms with Crippen molar-refractivity contribution in [2.45, 2.75) is 19.4 Å². The van der Waals surface area contributed by atoms with E-state index in [4.69, 9.17) is 0 Å². The zero-order valence-corrected chi connectivity index (χ0v) is 13.0. The molecule has 0 saturated carbocycles. The summed E-state index contributed by atoms with van der Waals surface area (Å²) in [5.41, 5.74) is 0.906. The number of fused-ring (bicyclic) bond motifs is 1. The van der Waals surface area contributed by atoms with Gasteiger partial charge in [0.15, 0.2) is 6.54 Å². The van der Waals surface area contributed by atoms with Crippen LogP contribution in [0.15, 0.2) is 29.6 Å². The summed E-state index contributed by atoms with van der Waals surface area (Å²) in [5.74, 6) is -1.88. The molecule has 3 rings (SSSR count). The van der Waals surface area contributed by atoms with Crippen LogP contribution in [0.5, 0.6) is 0 Å². The van der Waals surface area contributed by atoms with Crippen LogP contribution in [0.25, 0.3) is 0 Å². The van der Waals surface area contributed by atoms with Crippen molar-refractivity contribution in [3.63, 3.8) is 0 Å². The number of rotatable bonds is 3. The molecule has 1 aliphatic heterocycles. The fraction of sp³-hybridized carbons (Fsp3) is 0.312. The topological polar surface area (TPSA) is 33.5 Å². The first-order valence-corrected chi connectivity index (χ1v) is 8.09. The van der Waals surface area contributed by atoms with Gasteiger partial charge in [0, 0.05) is 16.9 Å². The van der Waals surface area contributed by atoms with Crippen molar-refractivity contribution in [2.24, 2.45) is 0 Å². The second-order valence-electron chi connectivity index (χ2n) is 5.50. The predicted molar refractivity (Wildman–Crippen MR) is 82.1 cm³/mol. The zero-order valence-electron chi connectivity index (χ0n) is 12.2. The number of hydrogen-bond donors (Lipinski definition) is 2. The Bertz CT molecular complexity index is 681. The minimum Gasteiger partial charge on any atom is -0.321 e. The van der Waals surface area contributed by atoms with Gasteiger partial charge in [0.2, 0.25) is 0 Å². The molecule has 2 heterocycles. The number of carbonyl (C=O) groups is 1. The highest BCUT2D eigenvalue weighted by Crippen LogP contribution is 2.24. The SMILES string of the molecule is C[C@H]1c2ccsc2CC[NH+]1CC(=O)Nc1c(F)cccc1F. The van der Waals surface area contributed by atoms with Crippen LogP contribution in [-0.2, 0) is 11.2 Å². The quantitative estimate of drug-likeness (QED) is 0.892. The van der Waals surface area contributed by atoms with E-state index in [1.807, 2.05) is 0 Å². The van der Waals surface area contributed by atoms with Crippen molar-refractivity contribution >= 4 is 22.9 Å². The molecule has 0 radical (unpaired) electrons. The molecule has 1 amide bonds. The molecule has 2 aromatic rings. The molecule has 6 heteroatoms. The van der Waals surface area contributed by atoms with E-state index in [-0.39, 0.29) is 24.2 Å². The number of quaternary nitrogens is 1. The van der Waals surface area contributed by atoms with Gasteiger partial charge in [-0.25, -0.2) is 8.78 Å². The van der Waals surface area contributed by atoms with E-state index in [2.05, 4.69) is 23.7 Å². The fourth-order valence-corrected chi connectivity index (χ4v) is 3.88. The molecule has 0 saturated heterocycles. The minimum atomic E-state index is -0.754. The number of carbonyl (C=O) groups excluding carboxylic acids is 1. The molecule has 2 N–H and O–H groups in total. The van der Waals surface area contributed by atoms with Gasteiger partial charge in [0.05, 0.1) is 6.54 Å². The monoisotopic (exact) mass is 323 g/mol. The second-order valence-corrected chi connectivity index (χ2v) is 6.50. The van der Waals surface area contributed by atoms with Crippen LogP contribution in [-0.4, -0.2) is 19.0 Å². The second kappa shape index (κ2) is 6.14. The lowest BCUT2D eigenvalue weighted by atomic mass is 10.0. The number of halogens is 2. The summed E-state index contributed by atoms with van der Waals surface area (Å²) in [6.45, 7) is 3.13. The molecule has 22 heavy (non-hydrogen) atoms. The van der Waals surface area contributed by atoms with Gasteiger partial charge in [0.1, 0.15) is 23.4 Å². The highest BCUT2D eigenvalue weighted by Gasteiger charge is 2.30. The first kappa shape index (κ1) is 15.1. The zero-order chi connectivity index (χ0) is 15.7. The number of nitrogens with one attached hydrogen (secondary N) is 2. The Kier molecular flexibility index (Phi) is 4.22. The maximum atomic E-state index is 13.6. The molecular formula is C16H17F2N2OS+. The lowest BCUT2D eigenvalue weighted by Gasteiger charge is -2.29. The molecule has 0 fully saturated rings. The first-order chi connectivity index (χ1) is 10.6. The minimum absolute atomic E-state index is 0.199. The van der Waals surface area contributed by atoms with Gasteiger partial charge in [-0.3, -0.25) is 4.79 Å². The molecule has 3 nitrogen and oxygen atoms in total. The van der Waals surface area contributed by atoms with Crippen molar-refractivity contribution in [2.75, 3.05) is 18.4 Å². The number of benzene rings is 1. The maximum absolute atomic E-state index is 13.6. The van der Waals surface area contributed by atoms with Crippen molar-refractivity contribution in [1.82, 2.24) is 0 Å². The Hall–Kier alpha value is -1.79. The highest BCUT2D eigenvalue weighted by molar-refractivity contribution is 7.10. The number of anilines is 1. The largest absolute Gasteiger partial charge is 0.321 e. The summed E-state index contributed by atoms with van der Waals surface area (Å²) in [6, 6.07) is 5.85. The third kappa shape index (κ3) is 2.89. The van der Waals surface area contributed by atoms with Crippen LogP contribution in [0.2, 0.25) is 0 Å². The van der Waals surface area contributed by atoms with Crippen LogP contribution in [0.1, 0.15) is 23.4 Å². The van der Waals surface area contributed by atoms with E-state index in [9.17, 15) is 13.6 Å². The Balaban J connectivity index is 1.68. The van der Waals surface area contributed by atoms with Crippen molar-refractivity contribution in [1.29, 1.82) is 0 Å². The number of amides is 1. The molecule has 1 aliphatic rings. The van der Waals surface area contributed by atoms with E-state index < -0.39 is 11.6 Å². The van der Waals surface area contributed by atoms with Crippen molar-refractivity contribution < 1.29 is 18.5 Å². The van der Waals surface area contributed by atoms with E-state index in [1.54, 1.807) is 11.3 Å². The lowest BCUT2D eigenvalue weighted by Crippen LogP contribution is -3.14. The highest BCUT2D eigenvalue weighted by atomic mass is 32.1. The van der Waals surface area contributed by atoms with Crippen LogP contribution in [0.4, 0.5) is 14.5 Å². The van der Waals surface area contributed by atoms with Crippen LogP contribution >= 0.6 is 11.3 Å². The van der Waals surface area contributed by atoms with Gasteiger partial charge >= 0.3 is 0 Å². The van der Waals surface area contributed by atoms with Gasteiger partial charge in [-0.05, 0) is 30.5 Å². The molecule has 0 spiro atoms. The lowest BCUT2D eigenvalue weighted by molar-refractivity contribution is -0.923. The van der Waals surface area contributed by atoms with E-state index in [1.165, 1.54) is 16.5 Å². The summed E-state index contributed by atoms with van der Waals surface area (Å²) >= 11 is 1.74. The van der Waals surface area contributed by atoms with Crippen LogP contribution in [0, 0.1) is 11.6 Å². The van der Waals surface area contributed by atoms with Gasteiger partial charge in [-0.1, -0.05) is 6.07 Å². The predicted octanol–water partition coefficient (Wildman–Crippen LogP) is 2.17. The summed E-state index contributed by atoms with van der Waals surface area (Å²) in [5, 5.41) is 4.43. The molecule has 1 aromatic heterocycles. The Morgan fingerprint density at radius 1 is 1.36 bits per heavy atom. The van der Waals surface area contributed by atoms with Crippen molar-refractivity contribution in [3.8, 4) is 0 Å². The average molecular weight is 323 g/mol. The molecule has 116 valence electrons. The van der Waals surface area contributed by atoms with Crippen LogP contribution in [0.3, 0.4) is 0 Å². The van der Waals surface area contributed by atoms with Gasteiger partial charge in [0.25, 0.3) is 5.91 Å². The normalized spacial score (nSPS) is 20.5. The van der Waals surface area contributed by atoms with Gasteiger partial charge in [-0.15, -0.1) is 11.3 Å². The van der Waals surface area contributed by atoms with Gasteiger partial charge < -0.3 is 10.2 Å². The third-order valence-electron chi connectivity index (χ3n) is 4.15. The molecule has 2 atom stereocenters. The number of thiophene rings is 1. The molecule has 1 unspecified atom stereocenters. The van der Waals surface area contributed by atoms with E-state index in [0.717, 1.165) is 30.0 Å². The fourth-order valence-electron chi connectivity index (χ4n) is 2.90. The Morgan fingerprint density at radius 3 is 2.82 bits per heavy atom. The van der Waals surface area contributed by atoms with Crippen LogP contribution < -0.4 is 10.2 Å². The molecule has 0 aliphatic carbocycles. The average Bonchev–Trinajstić information content (AvgIpc) is 2.95. The Morgan fingerprint density at radius 2 is 2.09 bits per heavy atom. The summed E-state index contributed by atoms with van der Waals surface area (Å²) in [4.78, 5) is 14.6. The third-order valence-corrected chi connectivity index (χ3v) is 5.14. The van der Waals surface area contributed by atoms with Gasteiger partial charge in [-0.2, -0.15) is 0 Å². The first-order valence-electron chi connectivity index (χ1n) is 7.21. The number of para-hydroxylation sites is 1. The smallest absolute Gasteiger partial charge is 0.279 e. The van der Waals surface area contributed by atoms with Crippen molar-refractivity contribution in [3.05, 3.63) is 51.7 Å². The molecule has 1 aromatic carbocycles. The molecular weight excluding hydrogens is 306 g/mol. The number of hydrogen-bond acceptors (Lipinski definition) is 2. The van der Waals surface area contributed by atoms with E-state index >= 15 is 0 Å². The maximum Gasteiger partial charge on any atom is 0.279 e. The summed E-state index contributed by atoms with van der Waals surface area (Å²) in [6.07, 6.45) is 0.939. The van der Waals surface area contributed by atoms with E-state index in [0.29, 0.717) is 0 Å². The Labute approximate surface area is 131 Å². The summed E-state index contributed by atoms with van der Waals surface area (Å²) < 4.78 is 27.1. The molecule has 0 bridgehead atoms.